The summed E-state index contributed by atoms with van der Waals surface area (Å²) in [6.07, 6.45) is 0.633. The van der Waals surface area contributed by atoms with E-state index in [4.69, 9.17) is 4.74 Å². The van der Waals surface area contributed by atoms with Crippen LogP contribution in [-0.4, -0.2) is 39.3 Å². The lowest BCUT2D eigenvalue weighted by atomic mass is 9.89. The van der Waals surface area contributed by atoms with Crippen LogP contribution in [0.5, 0.6) is 0 Å². The Morgan fingerprint density at radius 1 is 1.33 bits per heavy atom. The molecule has 0 amide bonds. The fraction of sp³-hybridized carbons (Fsp3) is 0.533. The summed E-state index contributed by atoms with van der Waals surface area (Å²) in [5, 5.41) is 6.48. The van der Waals surface area contributed by atoms with Crippen LogP contribution < -0.4 is 10.6 Å². The lowest BCUT2D eigenvalue weighted by Crippen LogP contribution is -2.51. The molecule has 0 spiro atoms. The zero-order chi connectivity index (χ0) is 14.4. The molecule has 0 aliphatic carbocycles. The van der Waals surface area contributed by atoms with Gasteiger partial charge in [0.05, 0.1) is 13.2 Å². The van der Waals surface area contributed by atoms with Gasteiger partial charge in [-0.15, -0.1) is 24.0 Å². The van der Waals surface area contributed by atoms with Crippen LogP contribution in [0.4, 0.5) is 4.39 Å². The van der Waals surface area contributed by atoms with Crippen LogP contribution in [0.2, 0.25) is 0 Å². The van der Waals surface area contributed by atoms with Crippen molar-refractivity contribution < 1.29 is 9.13 Å². The summed E-state index contributed by atoms with van der Waals surface area (Å²) in [5.74, 6) is 0.589. The van der Waals surface area contributed by atoms with Gasteiger partial charge < -0.3 is 15.4 Å². The molecule has 1 saturated heterocycles. The average molecular weight is 407 g/mol. The quantitative estimate of drug-likeness (QED) is 0.447. The summed E-state index contributed by atoms with van der Waals surface area (Å²) in [6, 6.07) is 6.84. The first-order chi connectivity index (χ1) is 9.63. The standard InChI is InChI=1S/C15H22FN3O.HI/c1-15(10-20-11-15)9-19-14(17-2)18-8-7-12-5-3-4-6-13(12)16;/h3-6H,7-11H2,1-2H3,(H2,17,18,19);1H. The Bertz CT molecular complexity index is 478. The SMILES string of the molecule is CN=C(NCCc1ccccc1F)NCC1(C)COC1.I. The predicted octanol–water partition coefficient (Wildman–Crippen LogP) is 2.19. The van der Waals surface area contributed by atoms with Crippen LogP contribution in [-0.2, 0) is 11.2 Å². The van der Waals surface area contributed by atoms with Gasteiger partial charge in [-0.3, -0.25) is 4.99 Å². The second-order valence-corrected chi connectivity index (χ2v) is 5.50. The van der Waals surface area contributed by atoms with Gasteiger partial charge in [-0.05, 0) is 18.1 Å². The van der Waals surface area contributed by atoms with Gasteiger partial charge in [0.15, 0.2) is 5.96 Å². The molecule has 21 heavy (non-hydrogen) atoms. The van der Waals surface area contributed by atoms with Crippen LogP contribution in [0.15, 0.2) is 29.3 Å². The third-order valence-electron chi connectivity index (χ3n) is 3.45. The van der Waals surface area contributed by atoms with Gasteiger partial charge in [-0.1, -0.05) is 25.1 Å². The summed E-state index contributed by atoms with van der Waals surface area (Å²) in [7, 11) is 1.73. The van der Waals surface area contributed by atoms with Gasteiger partial charge >= 0.3 is 0 Å². The first-order valence-electron chi connectivity index (χ1n) is 6.89. The molecule has 1 aliphatic heterocycles. The molecule has 1 fully saturated rings. The van der Waals surface area contributed by atoms with Crippen LogP contribution in [0.25, 0.3) is 0 Å². The highest BCUT2D eigenvalue weighted by atomic mass is 127. The van der Waals surface area contributed by atoms with Crippen molar-refractivity contribution in [3.63, 3.8) is 0 Å². The van der Waals surface area contributed by atoms with Crippen molar-refractivity contribution in [2.24, 2.45) is 10.4 Å². The first kappa shape index (κ1) is 18.2. The molecule has 0 bridgehead atoms. The number of ether oxygens (including phenoxy) is 1. The smallest absolute Gasteiger partial charge is 0.191 e. The van der Waals surface area contributed by atoms with Crippen molar-refractivity contribution in [2.75, 3.05) is 33.4 Å². The summed E-state index contributed by atoms with van der Waals surface area (Å²) < 4.78 is 18.7. The third kappa shape index (κ3) is 5.43. The van der Waals surface area contributed by atoms with Crippen LogP contribution in [0, 0.1) is 11.2 Å². The second kappa shape index (κ2) is 8.53. The Morgan fingerprint density at radius 3 is 2.62 bits per heavy atom. The fourth-order valence-corrected chi connectivity index (χ4v) is 2.09. The molecule has 1 aromatic rings. The summed E-state index contributed by atoms with van der Waals surface area (Å²) in [4.78, 5) is 4.16. The lowest BCUT2D eigenvalue weighted by Gasteiger charge is -2.38. The summed E-state index contributed by atoms with van der Waals surface area (Å²) in [6.45, 7) is 5.22. The second-order valence-electron chi connectivity index (χ2n) is 5.50. The Kier molecular flexibility index (Phi) is 7.37. The Balaban J connectivity index is 0.00000220. The summed E-state index contributed by atoms with van der Waals surface area (Å²) in [5.41, 5.74) is 0.915. The number of nitrogens with zero attached hydrogens (tertiary/aromatic N) is 1. The maximum Gasteiger partial charge on any atom is 0.191 e. The van der Waals surface area contributed by atoms with E-state index in [1.54, 1.807) is 19.2 Å². The minimum Gasteiger partial charge on any atom is -0.380 e. The highest BCUT2D eigenvalue weighted by Crippen LogP contribution is 2.24. The normalized spacial score (nSPS) is 16.6. The van der Waals surface area contributed by atoms with Crippen molar-refractivity contribution in [1.29, 1.82) is 0 Å². The zero-order valence-electron chi connectivity index (χ0n) is 12.5. The molecule has 4 nitrogen and oxygen atoms in total. The maximum absolute atomic E-state index is 13.5. The Hall–Kier alpha value is -0.890. The molecule has 1 aromatic carbocycles. The topological polar surface area (TPSA) is 45.7 Å². The predicted molar refractivity (Wildman–Crippen MR) is 93.8 cm³/mol. The van der Waals surface area contributed by atoms with Crippen molar-refractivity contribution in [3.05, 3.63) is 35.6 Å². The molecule has 0 atom stereocenters. The molecule has 1 aliphatic rings. The molecule has 1 heterocycles. The van der Waals surface area contributed by atoms with Crippen molar-refractivity contribution in [1.82, 2.24) is 10.6 Å². The fourth-order valence-electron chi connectivity index (χ4n) is 2.09. The molecule has 2 N–H and O–H groups in total. The summed E-state index contributed by atoms with van der Waals surface area (Å²) >= 11 is 0. The van der Waals surface area contributed by atoms with Crippen molar-refractivity contribution >= 4 is 29.9 Å². The monoisotopic (exact) mass is 407 g/mol. The molecular weight excluding hydrogens is 384 g/mol. The van der Waals surface area contributed by atoms with E-state index in [1.165, 1.54) is 6.07 Å². The molecule has 0 saturated carbocycles. The number of hydrogen-bond acceptors (Lipinski definition) is 2. The Labute approximate surface area is 142 Å². The number of guanidine groups is 1. The van der Waals surface area contributed by atoms with Gasteiger partial charge in [0.2, 0.25) is 0 Å². The molecular formula is C15H23FIN3O. The van der Waals surface area contributed by atoms with Crippen molar-refractivity contribution in [2.45, 2.75) is 13.3 Å². The van der Waals surface area contributed by atoms with Gasteiger partial charge in [0.1, 0.15) is 5.82 Å². The number of rotatable bonds is 5. The van der Waals surface area contributed by atoms with E-state index in [9.17, 15) is 4.39 Å². The highest BCUT2D eigenvalue weighted by Gasteiger charge is 2.33. The maximum atomic E-state index is 13.5. The average Bonchev–Trinajstić information content (AvgIpc) is 2.42. The highest BCUT2D eigenvalue weighted by molar-refractivity contribution is 14.0. The first-order valence-corrected chi connectivity index (χ1v) is 6.89. The largest absolute Gasteiger partial charge is 0.380 e. The zero-order valence-corrected chi connectivity index (χ0v) is 14.8. The van der Waals surface area contributed by atoms with E-state index < -0.39 is 0 Å². The number of nitrogens with one attached hydrogen (secondary N) is 2. The lowest BCUT2D eigenvalue weighted by molar-refractivity contribution is -0.0971. The minimum absolute atomic E-state index is 0. The molecule has 6 heteroatoms. The Morgan fingerprint density at radius 2 is 2.05 bits per heavy atom. The van der Waals surface area contributed by atoms with Crippen molar-refractivity contribution in [3.8, 4) is 0 Å². The number of aliphatic imine (C=N–C) groups is 1. The number of hydrogen-bond donors (Lipinski definition) is 2. The third-order valence-corrected chi connectivity index (χ3v) is 3.45. The molecule has 0 radical (unpaired) electrons. The van der Waals surface area contributed by atoms with Gasteiger partial charge in [-0.2, -0.15) is 0 Å². The van der Waals surface area contributed by atoms with E-state index >= 15 is 0 Å². The molecule has 118 valence electrons. The molecule has 0 unspecified atom stereocenters. The number of benzene rings is 1. The number of halogens is 2. The van der Waals surface area contributed by atoms with E-state index in [0.29, 0.717) is 13.0 Å². The van der Waals surface area contributed by atoms with Crippen LogP contribution in [0.3, 0.4) is 0 Å². The van der Waals surface area contributed by atoms with Crippen LogP contribution in [0.1, 0.15) is 12.5 Å². The van der Waals surface area contributed by atoms with E-state index in [0.717, 1.165) is 31.3 Å². The van der Waals surface area contributed by atoms with E-state index in [1.807, 2.05) is 6.07 Å². The van der Waals surface area contributed by atoms with Gasteiger partial charge in [0.25, 0.3) is 0 Å². The molecule has 0 aromatic heterocycles. The molecule has 2 rings (SSSR count). The van der Waals surface area contributed by atoms with Crippen LogP contribution >= 0.6 is 24.0 Å². The van der Waals surface area contributed by atoms with Gasteiger partial charge in [-0.25, -0.2) is 4.39 Å². The van der Waals surface area contributed by atoms with Gasteiger partial charge in [0, 0.05) is 25.6 Å². The van der Waals surface area contributed by atoms with E-state index in [-0.39, 0.29) is 35.2 Å². The minimum atomic E-state index is -0.156. The van der Waals surface area contributed by atoms with E-state index in [2.05, 4.69) is 22.5 Å².